The monoisotopic (exact) mass is 315 g/mol. The topological polar surface area (TPSA) is 107 Å². The molecule has 0 bridgehead atoms. The highest BCUT2D eigenvalue weighted by Gasteiger charge is 2.11. The fourth-order valence-electron chi connectivity index (χ4n) is 1.89. The number of rotatable bonds is 5. The molecule has 0 radical (unpaired) electrons. The molecule has 0 aliphatic rings. The molecule has 0 spiro atoms. The number of Topliss-reactive ketones (excluding diaryl/α,β-unsaturated/α-hetero) is 1. The summed E-state index contributed by atoms with van der Waals surface area (Å²) in [6.45, 7) is 0. The number of benzene rings is 1. The van der Waals surface area contributed by atoms with Crippen LogP contribution in [0.1, 0.15) is 10.4 Å². The largest absolute Gasteiger partial charge is 0.497 e. The molecular weight excluding hydrogens is 302 g/mol. The Morgan fingerprint density at radius 1 is 1.32 bits per heavy atom. The first-order chi connectivity index (χ1) is 10.7. The van der Waals surface area contributed by atoms with Gasteiger partial charge < -0.3 is 15.5 Å². The lowest BCUT2D eigenvalue weighted by Gasteiger charge is -2.02. The van der Waals surface area contributed by atoms with Gasteiger partial charge in [-0.15, -0.1) is 0 Å². The molecule has 0 saturated carbocycles. The van der Waals surface area contributed by atoms with Gasteiger partial charge in [-0.1, -0.05) is 11.8 Å². The Morgan fingerprint density at radius 2 is 2.09 bits per heavy atom. The summed E-state index contributed by atoms with van der Waals surface area (Å²) in [5, 5.41) is 0.587. The lowest BCUT2D eigenvalue weighted by atomic mass is 10.1. The van der Waals surface area contributed by atoms with E-state index in [2.05, 4.69) is 19.9 Å². The highest BCUT2D eigenvalue weighted by Crippen LogP contribution is 2.21. The van der Waals surface area contributed by atoms with Crippen molar-refractivity contribution in [3.63, 3.8) is 0 Å². The summed E-state index contributed by atoms with van der Waals surface area (Å²) < 4.78 is 5.07. The first kappa shape index (κ1) is 14.3. The number of nitrogens with one attached hydrogen (secondary N) is 1. The number of imidazole rings is 1. The molecule has 112 valence electrons. The smallest absolute Gasteiger partial charge is 0.183 e. The number of carbonyl (C=O) groups is 1. The van der Waals surface area contributed by atoms with Crippen LogP contribution in [0.2, 0.25) is 0 Å². The van der Waals surface area contributed by atoms with Crippen LogP contribution in [-0.2, 0) is 0 Å². The summed E-state index contributed by atoms with van der Waals surface area (Å²) in [7, 11) is 1.59. The highest BCUT2D eigenvalue weighted by molar-refractivity contribution is 7.99. The average molecular weight is 315 g/mol. The number of ketones is 1. The van der Waals surface area contributed by atoms with Gasteiger partial charge in [0.15, 0.2) is 22.4 Å². The SMILES string of the molecule is COc1ccc(C(=O)CSc2nc3ncnc(N)c3[nH]2)cc1. The molecular formula is C14H13N5O2S. The molecule has 2 heterocycles. The van der Waals surface area contributed by atoms with Gasteiger partial charge in [0.2, 0.25) is 0 Å². The fraction of sp³-hybridized carbons (Fsp3) is 0.143. The van der Waals surface area contributed by atoms with Gasteiger partial charge in [0.1, 0.15) is 17.6 Å². The number of nitrogens with zero attached hydrogens (tertiary/aromatic N) is 3. The molecule has 0 saturated heterocycles. The second-order valence-electron chi connectivity index (χ2n) is 4.44. The number of nitrogens with two attached hydrogens (primary N) is 1. The number of fused-ring (bicyclic) bond motifs is 1. The van der Waals surface area contributed by atoms with Crippen molar-refractivity contribution in [3.05, 3.63) is 36.2 Å². The Kier molecular flexibility index (Phi) is 3.92. The quantitative estimate of drug-likeness (QED) is 0.547. The van der Waals surface area contributed by atoms with Gasteiger partial charge in [-0.25, -0.2) is 15.0 Å². The molecule has 2 aromatic heterocycles. The summed E-state index contributed by atoms with van der Waals surface area (Å²) in [5.74, 6) is 1.33. The molecule has 0 aliphatic carbocycles. The van der Waals surface area contributed by atoms with Gasteiger partial charge in [0, 0.05) is 5.56 Å². The number of thioether (sulfide) groups is 1. The molecule has 0 aliphatic heterocycles. The molecule has 3 aromatic rings. The zero-order valence-electron chi connectivity index (χ0n) is 11.7. The van der Waals surface area contributed by atoms with Crippen LogP contribution in [0.4, 0.5) is 5.82 Å². The van der Waals surface area contributed by atoms with Crippen molar-refractivity contribution in [2.45, 2.75) is 5.16 Å². The minimum Gasteiger partial charge on any atom is -0.497 e. The number of H-pyrrole nitrogens is 1. The van der Waals surface area contributed by atoms with Crippen LogP contribution in [0.5, 0.6) is 5.75 Å². The molecule has 1 aromatic carbocycles. The Hall–Kier alpha value is -2.61. The number of hydrogen-bond donors (Lipinski definition) is 2. The number of hydrogen-bond acceptors (Lipinski definition) is 7. The van der Waals surface area contributed by atoms with Crippen LogP contribution in [0.15, 0.2) is 35.7 Å². The molecule has 3 rings (SSSR count). The number of carbonyl (C=O) groups excluding carboxylic acids is 1. The van der Waals surface area contributed by atoms with Crippen molar-refractivity contribution in [1.82, 2.24) is 19.9 Å². The molecule has 0 amide bonds. The molecule has 0 atom stereocenters. The van der Waals surface area contributed by atoms with Crippen LogP contribution in [0, 0.1) is 0 Å². The standard InChI is InChI=1S/C14H13N5O2S/c1-21-9-4-2-8(3-5-9)10(20)6-22-14-18-11-12(15)16-7-17-13(11)19-14/h2-5,7H,6H2,1H3,(H3,15,16,17,18,19). The van der Waals surface area contributed by atoms with Gasteiger partial charge in [-0.05, 0) is 24.3 Å². The van der Waals surface area contributed by atoms with E-state index in [1.807, 2.05) is 0 Å². The van der Waals surface area contributed by atoms with Crippen LogP contribution < -0.4 is 10.5 Å². The van der Waals surface area contributed by atoms with Gasteiger partial charge in [-0.3, -0.25) is 4.79 Å². The Balaban J connectivity index is 1.70. The molecule has 22 heavy (non-hydrogen) atoms. The molecule has 3 N–H and O–H groups in total. The van der Waals surface area contributed by atoms with E-state index in [0.717, 1.165) is 5.75 Å². The first-order valence-electron chi connectivity index (χ1n) is 6.43. The Labute approximate surface area is 130 Å². The number of ether oxygens (including phenoxy) is 1. The Morgan fingerprint density at radius 3 is 2.77 bits per heavy atom. The van der Waals surface area contributed by atoms with Crippen LogP contribution in [-0.4, -0.2) is 38.6 Å². The van der Waals surface area contributed by atoms with Crippen LogP contribution >= 0.6 is 11.8 Å². The summed E-state index contributed by atoms with van der Waals surface area (Å²) in [5.41, 5.74) is 7.44. The van der Waals surface area contributed by atoms with Gasteiger partial charge in [-0.2, -0.15) is 0 Å². The molecule has 7 nitrogen and oxygen atoms in total. The van der Waals surface area contributed by atoms with E-state index in [9.17, 15) is 4.79 Å². The third-order valence-electron chi connectivity index (χ3n) is 3.05. The minimum absolute atomic E-state index is 0.00663. The normalized spacial score (nSPS) is 10.8. The van der Waals surface area contributed by atoms with Crippen LogP contribution in [0.25, 0.3) is 11.2 Å². The second kappa shape index (κ2) is 6.02. The summed E-state index contributed by atoms with van der Waals surface area (Å²) in [4.78, 5) is 27.3. The number of nitrogen functional groups attached to an aromatic ring is 1. The highest BCUT2D eigenvalue weighted by atomic mass is 32.2. The van der Waals surface area contributed by atoms with E-state index in [-0.39, 0.29) is 11.5 Å². The van der Waals surface area contributed by atoms with Gasteiger partial charge in [0.25, 0.3) is 0 Å². The molecule has 0 unspecified atom stereocenters. The molecule has 0 fully saturated rings. The van der Waals surface area contributed by atoms with Crippen molar-refractivity contribution >= 4 is 34.5 Å². The maximum atomic E-state index is 12.1. The third kappa shape index (κ3) is 2.86. The third-order valence-corrected chi connectivity index (χ3v) is 3.92. The number of methoxy groups -OCH3 is 1. The summed E-state index contributed by atoms with van der Waals surface area (Å²) in [6.07, 6.45) is 1.36. The van der Waals surface area contributed by atoms with Gasteiger partial charge in [0.05, 0.1) is 12.9 Å². The van der Waals surface area contributed by atoms with E-state index in [1.54, 1.807) is 31.4 Å². The summed E-state index contributed by atoms with van der Waals surface area (Å²) >= 11 is 1.30. The van der Waals surface area contributed by atoms with Crippen molar-refractivity contribution < 1.29 is 9.53 Å². The average Bonchev–Trinajstić information content (AvgIpc) is 2.97. The Bertz CT molecular complexity index is 816. The lowest BCUT2D eigenvalue weighted by Crippen LogP contribution is -2.02. The maximum absolute atomic E-state index is 12.1. The second-order valence-corrected chi connectivity index (χ2v) is 5.40. The number of anilines is 1. The maximum Gasteiger partial charge on any atom is 0.183 e. The number of aromatic nitrogens is 4. The van der Waals surface area contributed by atoms with E-state index in [4.69, 9.17) is 10.5 Å². The van der Waals surface area contributed by atoms with Crippen LogP contribution in [0.3, 0.4) is 0 Å². The van der Waals surface area contributed by atoms with E-state index < -0.39 is 0 Å². The van der Waals surface area contributed by atoms with Crippen molar-refractivity contribution in [2.75, 3.05) is 18.6 Å². The fourth-order valence-corrected chi connectivity index (χ4v) is 2.65. The lowest BCUT2D eigenvalue weighted by molar-refractivity contribution is 0.102. The van der Waals surface area contributed by atoms with Crippen molar-refractivity contribution in [1.29, 1.82) is 0 Å². The summed E-state index contributed by atoms with van der Waals surface area (Å²) in [6, 6.07) is 7.00. The van der Waals surface area contributed by atoms with E-state index >= 15 is 0 Å². The first-order valence-corrected chi connectivity index (χ1v) is 7.42. The van der Waals surface area contributed by atoms with Crippen molar-refractivity contribution in [2.24, 2.45) is 0 Å². The minimum atomic E-state index is 0.00663. The zero-order chi connectivity index (χ0) is 15.5. The predicted octanol–water partition coefficient (Wildman–Crippen LogP) is 1.92. The van der Waals surface area contributed by atoms with Crippen molar-refractivity contribution in [3.8, 4) is 5.75 Å². The van der Waals surface area contributed by atoms with E-state index in [0.29, 0.717) is 27.7 Å². The zero-order valence-corrected chi connectivity index (χ0v) is 12.6. The molecule has 8 heteroatoms. The number of aromatic amines is 1. The van der Waals surface area contributed by atoms with Gasteiger partial charge >= 0.3 is 0 Å². The predicted molar refractivity (Wildman–Crippen MR) is 84.1 cm³/mol. The van der Waals surface area contributed by atoms with E-state index in [1.165, 1.54) is 18.1 Å².